The first-order chi connectivity index (χ1) is 6.88. The number of anilines is 1. The van der Waals surface area contributed by atoms with Crippen LogP contribution in [0.15, 0.2) is 6.07 Å². The van der Waals surface area contributed by atoms with Crippen LogP contribution in [0.4, 0.5) is 18.3 Å². The van der Waals surface area contributed by atoms with Crippen LogP contribution in [-0.2, 0) is 6.18 Å². The van der Waals surface area contributed by atoms with Gasteiger partial charge in [0.1, 0.15) is 15.5 Å². The highest BCUT2D eigenvalue weighted by molar-refractivity contribution is 7.21. The van der Waals surface area contributed by atoms with Crippen LogP contribution in [0.3, 0.4) is 0 Å². The van der Waals surface area contributed by atoms with Crippen molar-refractivity contribution in [3.8, 4) is 0 Å². The van der Waals surface area contributed by atoms with Crippen LogP contribution in [0, 0.1) is 0 Å². The maximum absolute atomic E-state index is 12.5. The molecular formula is C7H3ClF3N3S. The highest BCUT2D eigenvalue weighted by Crippen LogP contribution is 2.37. The molecule has 15 heavy (non-hydrogen) atoms. The summed E-state index contributed by atoms with van der Waals surface area (Å²) in [5, 5.41) is -0.191. The number of fused-ring (bicyclic) bond motifs is 1. The summed E-state index contributed by atoms with van der Waals surface area (Å²) in [5.74, 6) is 0. The quantitative estimate of drug-likeness (QED) is 0.735. The third-order valence-electron chi connectivity index (χ3n) is 1.66. The number of hydrogen-bond donors (Lipinski definition) is 1. The van der Waals surface area contributed by atoms with E-state index in [2.05, 4.69) is 9.97 Å². The topological polar surface area (TPSA) is 51.8 Å². The van der Waals surface area contributed by atoms with Gasteiger partial charge in [-0.25, -0.2) is 9.97 Å². The number of pyridine rings is 1. The van der Waals surface area contributed by atoms with E-state index in [1.54, 1.807) is 0 Å². The first-order valence-corrected chi connectivity index (χ1v) is 4.87. The van der Waals surface area contributed by atoms with Crippen molar-refractivity contribution in [3.05, 3.63) is 16.8 Å². The Balaban J connectivity index is 2.82. The van der Waals surface area contributed by atoms with Gasteiger partial charge in [0.2, 0.25) is 0 Å². The van der Waals surface area contributed by atoms with E-state index in [1.165, 1.54) is 0 Å². The molecule has 0 amide bonds. The van der Waals surface area contributed by atoms with E-state index in [0.717, 1.165) is 17.4 Å². The molecule has 3 nitrogen and oxygen atoms in total. The average Bonchev–Trinajstić information content (AvgIpc) is 2.41. The molecule has 0 fully saturated rings. The molecular weight excluding hydrogens is 251 g/mol. The van der Waals surface area contributed by atoms with Crippen molar-refractivity contribution in [2.45, 2.75) is 6.18 Å². The number of alkyl halides is 3. The van der Waals surface area contributed by atoms with Crippen molar-refractivity contribution in [2.75, 3.05) is 5.73 Å². The third-order valence-corrected chi connectivity index (χ3v) is 2.63. The molecule has 0 atom stereocenters. The van der Waals surface area contributed by atoms with Gasteiger partial charge in [-0.1, -0.05) is 22.9 Å². The van der Waals surface area contributed by atoms with Gasteiger partial charge in [0.15, 0.2) is 5.13 Å². The predicted octanol–water partition coefficient (Wildman–Crippen LogP) is 2.95. The van der Waals surface area contributed by atoms with Crippen LogP contribution in [-0.4, -0.2) is 9.97 Å². The summed E-state index contributed by atoms with van der Waals surface area (Å²) in [6, 6.07) is 0.739. The van der Waals surface area contributed by atoms with Crippen LogP contribution >= 0.6 is 22.9 Å². The van der Waals surface area contributed by atoms with E-state index in [9.17, 15) is 13.2 Å². The maximum atomic E-state index is 12.5. The van der Waals surface area contributed by atoms with E-state index < -0.39 is 11.7 Å². The van der Waals surface area contributed by atoms with Gasteiger partial charge in [0, 0.05) is 0 Å². The van der Waals surface area contributed by atoms with Gasteiger partial charge in [-0.15, -0.1) is 0 Å². The molecule has 0 saturated heterocycles. The molecule has 0 aliphatic heterocycles. The zero-order valence-corrected chi connectivity index (χ0v) is 8.54. The second-order valence-electron chi connectivity index (χ2n) is 2.70. The van der Waals surface area contributed by atoms with Gasteiger partial charge < -0.3 is 5.73 Å². The molecule has 2 rings (SSSR count). The fraction of sp³-hybridized carbons (Fsp3) is 0.143. The third kappa shape index (κ3) is 1.84. The van der Waals surface area contributed by atoms with Gasteiger partial charge in [-0.3, -0.25) is 0 Å². The van der Waals surface area contributed by atoms with E-state index in [-0.39, 0.29) is 20.6 Å². The Bertz CT molecular complexity index is 522. The fourth-order valence-corrected chi connectivity index (χ4v) is 2.09. The van der Waals surface area contributed by atoms with Crippen LogP contribution < -0.4 is 5.73 Å². The molecule has 2 heterocycles. The Labute approximate surface area is 90.7 Å². The lowest BCUT2D eigenvalue weighted by Crippen LogP contribution is -2.06. The van der Waals surface area contributed by atoms with E-state index in [0.29, 0.717) is 0 Å². The van der Waals surface area contributed by atoms with E-state index >= 15 is 0 Å². The van der Waals surface area contributed by atoms with Gasteiger partial charge in [0.25, 0.3) is 0 Å². The van der Waals surface area contributed by atoms with Crippen LogP contribution in [0.25, 0.3) is 10.3 Å². The SMILES string of the molecule is Nc1nc2c(C(F)(F)F)cc(Cl)nc2s1. The smallest absolute Gasteiger partial charge is 0.375 e. The number of rotatable bonds is 0. The molecule has 0 spiro atoms. The normalized spacial score (nSPS) is 12.3. The van der Waals surface area contributed by atoms with Crippen molar-refractivity contribution >= 4 is 38.4 Å². The number of thiazole rings is 1. The predicted molar refractivity (Wildman–Crippen MR) is 51.8 cm³/mol. The number of nitrogens with two attached hydrogens (primary N) is 1. The lowest BCUT2D eigenvalue weighted by molar-refractivity contribution is -0.136. The number of nitrogen functional groups attached to an aromatic ring is 1. The van der Waals surface area contributed by atoms with Crippen molar-refractivity contribution in [3.63, 3.8) is 0 Å². The summed E-state index contributed by atoms with van der Waals surface area (Å²) in [4.78, 5) is 7.38. The molecule has 0 unspecified atom stereocenters. The second kappa shape index (κ2) is 3.21. The fourth-order valence-electron chi connectivity index (χ4n) is 1.11. The molecule has 0 aliphatic rings. The Kier molecular flexibility index (Phi) is 2.23. The summed E-state index contributed by atoms with van der Waals surface area (Å²) in [5.41, 5.74) is 4.14. The summed E-state index contributed by atoms with van der Waals surface area (Å²) < 4.78 is 37.6. The first kappa shape index (κ1) is 10.4. The van der Waals surface area contributed by atoms with Crippen molar-refractivity contribution < 1.29 is 13.2 Å². The minimum atomic E-state index is -4.51. The zero-order valence-electron chi connectivity index (χ0n) is 6.97. The molecule has 0 aromatic carbocycles. The number of nitrogens with zero attached hydrogens (tertiary/aromatic N) is 2. The summed E-state index contributed by atoms with van der Waals surface area (Å²) >= 11 is 6.33. The molecule has 2 N–H and O–H groups in total. The van der Waals surface area contributed by atoms with Crippen LogP contribution in [0.2, 0.25) is 5.15 Å². The zero-order chi connectivity index (χ0) is 11.2. The lowest BCUT2D eigenvalue weighted by Gasteiger charge is -2.06. The standard InChI is InChI=1S/C7H3ClF3N3S/c8-3-1-2(7(9,10)11)4-5(13-3)15-6(12)14-4/h1H,(H2,12,14). The second-order valence-corrected chi connectivity index (χ2v) is 4.09. The monoisotopic (exact) mass is 253 g/mol. The summed E-state index contributed by atoms with van der Waals surface area (Å²) in [7, 11) is 0. The Morgan fingerprint density at radius 2 is 2.00 bits per heavy atom. The molecule has 2 aromatic rings. The molecule has 80 valence electrons. The van der Waals surface area contributed by atoms with Gasteiger partial charge in [0.05, 0.1) is 5.56 Å². The molecule has 8 heteroatoms. The largest absolute Gasteiger partial charge is 0.418 e. The van der Waals surface area contributed by atoms with Gasteiger partial charge in [-0.2, -0.15) is 13.2 Å². The summed E-state index contributed by atoms with van der Waals surface area (Å²) in [6.07, 6.45) is -4.51. The van der Waals surface area contributed by atoms with Gasteiger partial charge >= 0.3 is 6.18 Å². The minimum absolute atomic E-state index is 0.0327. The molecule has 2 aromatic heterocycles. The molecule has 0 radical (unpaired) electrons. The molecule has 0 saturated carbocycles. The van der Waals surface area contributed by atoms with Gasteiger partial charge in [-0.05, 0) is 6.07 Å². The van der Waals surface area contributed by atoms with E-state index in [1.807, 2.05) is 0 Å². The average molecular weight is 254 g/mol. The number of halogens is 4. The first-order valence-electron chi connectivity index (χ1n) is 3.67. The number of hydrogen-bond acceptors (Lipinski definition) is 4. The van der Waals surface area contributed by atoms with Crippen LogP contribution in [0.1, 0.15) is 5.56 Å². The van der Waals surface area contributed by atoms with Crippen LogP contribution in [0.5, 0.6) is 0 Å². The van der Waals surface area contributed by atoms with Crippen molar-refractivity contribution in [1.82, 2.24) is 9.97 Å². The Morgan fingerprint density at radius 1 is 1.33 bits per heavy atom. The molecule has 0 bridgehead atoms. The lowest BCUT2D eigenvalue weighted by atomic mass is 10.2. The Morgan fingerprint density at radius 3 is 2.60 bits per heavy atom. The van der Waals surface area contributed by atoms with Crippen molar-refractivity contribution in [2.24, 2.45) is 0 Å². The summed E-state index contributed by atoms with van der Waals surface area (Å²) in [6.45, 7) is 0. The van der Waals surface area contributed by atoms with E-state index in [4.69, 9.17) is 17.3 Å². The highest BCUT2D eigenvalue weighted by atomic mass is 35.5. The maximum Gasteiger partial charge on any atom is 0.418 e. The molecule has 0 aliphatic carbocycles. The highest BCUT2D eigenvalue weighted by Gasteiger charge is 2.34. The minimum Gasteiger partial charge on any atom is -0.375 e. The number of aromatic nitrogens is 2. The van der Waals surface area contributed by atoms with Crippen molar-refractivity contribution in [1.29, 1.82) is 0 Å². The Hall–Kier alpha value is -1.08.